The molecule has 0 bridgehead atoms. The van der Waals surface area contributed by atoms with E-state index in [1.165, 1.54) is 12.0 Å². The Labute approximate surface area is 183 Å². The smallest absolute Gasteiger partial charge is 0.282 e. The van der Waals surface area contributed by atoms with Crippen LogP contribution in [0.2, 0.25) is 0 Å². The molecular weight excluding hydrogens is 392 g/mol. The summed E-state index contributed by atoms with van der Waals surface area (Å²) in [7, 11) is 3.08. The van der Waals surface area contributed by atoms with Crippen molar-refractivity contribution in [1.82, 2.24) is 4.90 Å². The molecule has 1 saturated heterocycles. The number of likely N-dealkylation sites (tertiary alicyclic amines) is 1. The van der Waals surface area contributed by atoms with E-state index >= 15 is 0 Å². The Bertz CT molecular complexity index is 1030. The highest BCUT2D eigenvalue weighted by molar-refractivity contribution is 6.45. The first-order valence-corrected chi connectivity index (χ1v) is 10.6. The molecule has 2 amide bonds. The first kappa shape index (κ1) is 21.0. The number of nitrogens with zero attached hydrogens (tertiary/aromatic N) is 2. The summed E-state index contributed by atoms with van der Waals surface area (Å²) >= 11 is 0. The van der Waals surface area contributed by atoms with Gasteiger partial charge in [-0.25, -0.2) is 4.90 Å². The molecule has 1 fully saturated rings. The Kier molecular flexibility index (Phi) is 5.72. The van der Waals surface area contributed by atoms with E-state index in [0.29, 0.717) is 34.4 Å². The van der Waals surface area contributed by atoms with Gasteiger partial charge in [0.1, 0.15) is 17.2 Å². The Morgan fingerprint density at radius 2 is 1.58 bits per heavy atom. The topological polar surface area (TPSA) is 59.1 Å². The van der Waals surface area contributed by atoms with Gasteiger partial charge in [-0.3, -0.25) is 9.59 Å². The third-order valence-electron chi connectivity index (χ3n) is 6.13. The summed E-state index contributed by atoms with van der Waals surface area (Å²) < 4.78 is 10.8. The van der Waals surface area contributed by atoms with Gasteiger partial charge in [-0.1, -0.05) is 36.8 Å². The van der Waals surface area contributed by atoms with E-state index in [0.717, 1.165) is 37.1 Å². The largest absolute Gasteiger partial charge is 0.497 e. The Morgan fingerprint density at radius 1 is 0.903 bits per heavy atom. The van der Waals surface area contributed by atoms with E-state index in [9.17, 15) is 9.59 Å². The summed E-state index contributed by atoms with van der Waals surface area (Å²) in [5.41, 5.74) is 3.17. The normalized spacial score (nSPS) is 17.5. The molecule has 31 heavy (non-hydrogen) atoms. The van der Waals surface area contributed by atoms with Gasteiger partial charge in [0.2, 0.25) is 0 Å². The van der Waals surface area contributed by atoms with Crippen LogP contribution in [0.25, 0.3) is 5.57 Å². The Balaban J connectivity index is 1.84. The Hall–Kier alpha value is -3.28. The van der Waals surface area contributed by atoms with Crippen LogP contribution < -0.4 is 14.4 Å². The van der Waals surface area contributed by atoms with Gasteiger partial charge in [0, 0.05) is 19.2 Å². The van der Waals surface area contributed by atoms with Gasteiger partial charge in [-0.15, -0.1) is 0 Å². The van der Waals surface area contributed by atoms with E-state index in [2.05, 4.69) is 11.8 Å². The third kappa shape index (κ3) is 3.78. The fourth-order valence-electron chi connectivity index (χ4n) is 4.21. The molecule has 2 aromatic carbocycles. The summed E-state index contributed by atoms with van der Waals surface area (Å²) in [5, 5.41) is 0. The molecule has 0 atom stereocenters. The van der Waals surface area contributed by atoms with Crippen LogP contribution in [-0.4, -0.2) is 44.0 Å². The van der Waals surface area contributed by atoms with E-state index in [1.807, 2.05) is 31.2 Å². The van der Waals surface area contributed by atoms with Gasteiger partial charge in [0.15, 0.2) is 0 Å². The number of anilines is 1. The van der Waals surface area contributed by atoms with Crippen molar-refractivity contribution in [2.45, 2.75) is 26.7 Å². The van der Waals surface area contributed by atoms with Gasteiger partial charge < -0.3 is 14.4 Å². The standard InChI is InChI=1S/C25H28N2O4/c1-16-5-7-18(8-6-16)22-23(26-13-11-17(2)12-14-26)25(29)27(24(22)28)20-15-19(30-3)9-10-21(20)31-4/h5-10,15,17H,11-14H2,1-4H3. The number of amides is 2. The van der Waals surface area contributed by atoms with Crippen molar-refractivity contribution in [3.63, 3.8) is 0 Å². The van der Waals surface area contributed by atoms with Crippen molar-refractivity contribution in [1.29, 1.82) is 0 Å². The van der Waals surface area contributed by atoms with E-state index in [4.69, 9.17) is 9.47 Å². The second-order valence-corrected chi connectivity index (χ2v) is 8.24. The molecular formula is C25H28N2O4. The van der Waals surface area contributed by atoms with Crippen LogP contribution in [0.3, 0.4) is 0 Å². The zero-order valence-corrected chi connectivity index (χ0v) is 18.5. The molecule has 162 valence electrons. The predicted octanol–water partition coefficient (Wildman–Crippen LogP) is 4.03. The maximum atomic E-state index is 13.7. The second kappa shape index (κ2) is 8.46. The van der Waals surface area contributed by atoms with E-state index in [1.54, 1.807) is 25.3 Å². The predicted molar refractivity (Wildman–Crippen MR) is 120 cm³/mol. The number of ether oxygens (including phenoxy) is 2. The van der Waals surface area contributed by atoms with Crippen molar-refractivity contribution in [3.05, 3.63) is 59.3 Å². The molecule has 0 aromatic heterocycles. The van der Waals surface area contributed by atoms with Crippen LogP contribution in [0.15, 0.2) is 48.2 Å². The minimum absolute atomic E-state index is 0.318. The number of methoxy groups -OCH3 is 2. The van der Waals surface area contributed by atoms with Crippen LogP contribution in [0.4, 0.5) is 5.69 Å². The van der Waals surface area contributed by atoms with Crippen molar-refractivity contribution in [3.8, 4) is 11.5 Å². The van der Waals surface area contributed by atoms with Crippen LogP contribution in [0.5, 0.6) is 11.5 Å². The van der Waals surface area contributed by atoms with Crippen LogP contribution in [0, 0.1) is 12.8 Å². The SMILES string of the molecule is COc1ccc(OC)c(N2C(=O)C(c3ccc(C)cc3)=C(N3CCC(C)CC3)C2=O)c1. The van der Waals surface area contributed by atoms with Gasteiger partial charge in [0.05, 0.1) is 25.5 Å². The molecule has 0 spiro atoms. The molecule has 0 saturated carbocycles. The van der Waals surface area contributed by atoms with E-state index in [-0.39, 0.29) is 11.8 Å². The number of hydrogen-bond donors (Lipinski definition) is 0. The molecule has 4 rings (SSSR count). The molecule has 2 aliphatic rings. The number of benzene rings is 2. The molecule has 0 N–H and O–H groups in total. The lowest BCUT2D eigenvalue weighted by Crippen LogP contribution is -2.38. The lowest BCUT2D eigenvalue weighted by molar-refractivity contribution is -0.120. The minimum Gasteiger partial charge on any atom is -0.497 e. The number of piperidine rings is 1. The first-order valence-electron chi connectivity index (χ1n) is 10.6. The summed E-state index contributed by atoms with van der Waals surface area (Å²) in [6.45, 7) is 5.74. The lowest BCUT2D eigenvalue weighted by Gasteiger charge is -2.32. The molecule has 2 aliphatic heterocycles. The quantitative estimate of drug-likeness (QED) is 0.684. The summed E-state index contributed by atoms with van der Waals surface area (Å²) in [5.74, 6) is 0.949. The zero-order valence-electron chi connectivity index (χ0n) is 18.5. The number of aryl methyl sites for hydroxylation is 1. The fraction of sp³-hybridized carbons (Fsp3) is 0.360. The fourth-order valence-corrected chi connectivity index (χ4v) is 4.21. The lowest BCUT2D eigenvalue weighted by atomic mass is 9.97. The Morgan fingerprint density at radius 3 is 2.19 bits per heavy atom. The van der Waals surface area contributed by atoms with Crippen molar-refractivity contribution >= 4 is 23.1 Å². The summed E-state index contributed by atoms with van der Waals surface area (Å²) in [4.78, 5) is 30.7. The third-order valence-corrected chi connectivity index (χ3v) is 6.13. The highest BCUT2D eigenvalue weighted by Crippen LogP contribution is 2.41. The number of hydrogen-bond acceptors (Lipinski definition) is 5. The second-order valence-electron chi connectivity index (χ2n) is 8.24. The summed E-state index contributed by atoms with van der Waals surface area (Å²) in [6, 6.07) is 12.9. The van der Waals surface area contributed by atoms with Crippen molar-refractivity contribution in [2.24, 2.45) is 5.92 Å². The van der Waals surface area contributed by atoms with Crippen LogP contribution >= 0.6 is 0 Å². The zero-order chi connectivity index (χ0) is 22.1. The van der Waals surface area contributed by atoms with E-state index < -0.39 is 0 Å². The van der Waals surface area contributed by atoms with Gasteiger partial charge in [-0.05, 0) is 43.4 Å². The van der Waals surface area contributed by atoms with Crippen molar-refractivity contribution < 1.29 is 19.1 Å². The maximum absolute atomic E-state index is 13.7. The average molecular weight is 421 g/mol. The van der Waals surface area contributed by atoms with Gasteiger partial charge in [0.25, 0.3) is 11.8 Å². The van der Waals surface area contributed by atoms with Crippen LogP contribution in [-0.2, 0) is 9.59 Å². The number of carbonyl (C=O) groups is 2. The monoisotopic (exact) mass is 420 g/mol. The minimum atomic E-state index is -0.339. The van der Waals surface area contributed by atoms with Crippen LogP contribution in [0.1, 0.15) is 30.9 Å². The highest BCUT2D eigenvalue weighted by atomic mass is 16.5. The molecule has 6 heteroatoms. The van der Waals surface area contributed by atoms with Crippen molar-refractivity contribution in [2.75, 3.05) is 32.2 Å². The molecule has 0 unspecified atom stereocenters. The van der Waals surface area contributed by atoms with Gasteiger partial charge >= 0.3 is 0 Å². The molecule has 6 nitrogen and oxygen atoms in total. The van der Waals surface area contributed by atoms with Gasteiger partial charge in [-0.2, -0.15) is 0 Å². The molecule has 2 heterocycles. The number of carbonyl (C=O) groups excluding carboxylic acids is 2. The highest BCUT2D eigenvalue weighted by Gasteiger charge is 2.44. The first-order chi connectivity index (χ1) is 14.9. The maximum Gasteiger partial charge on any atom is 0.282 e. The number of rotatable bonds is 5. The number of imide groups is 1. The molecule has 0 radical (unpaired) electrons. The molecule has 0 aliphatic carbocycles. The molecule has 2 aromatic rings. The average Bonchev–Trinajstić information content (AvgIpc) is 3.04. The summed E-state index contributed by atoms with van der Waals surface area (Å²) in [6.07, 6.45) is 1.99.